The number of amides is 1. The number of hydrogen-bond donors (Lipinski definition) is 2. The van der Waals surface area contributed by atoms with Gasteiger partial charge in [0.15, 0.2) is 0 Å². The van der Waals surface area contributed by atoms with Crippen molar-refractivity contribution in [2.45, 2.75) is 5.92 Å². The zero-order valence-corrected chi connectivity index (χ0v) is 18.6. The molecule has 0 radical (unpaired) electrons. The molecule has 168 valence electrons. The summed E-state index contributed by atoms with van der Waals surface area (Å²) in [6, 6.07) is 21.7. The van der Waals surface area contributed by atoms with Gasteiger partial charge in [0.1, 0.15) is 6.61 Å². The van der Waals surface area contributed by atoms with Gasteiger partial charge in [-0.1, -0.05) is 60.4 Å². The van der Waals surface area contributed by atoms with Crippen molar-refractivity contribution < 1.29 is 19.1 Å². The van der Waals surface area contributed by atoms with Gasteiger partial charge < -0.3 is 19.8 Å². The lowest BCUT2D eigenvalue weighted by molar-refractivity contribution is 0.0603. The fraction of sp³-hybridized carbons (Fsp3) is 0.143. The van der Waals surface area contributed by atoms with Crippen LogP contribution in [0.2, 0.25) is 0 Å². The Morgan fingerprint density at radius 3 is 2.41 bits per heavy atom. The first kappa shape index (κ1) is 21.4. The van der Waals surface area contributed by atoms with Crippen molar-refractivity contribution in [1.82, 2.24) is 10.3 Å². The van der Waals surface area contributed by atoms with E-state index >= 15 is 0 Å². The Balaban J connectivity index is 1.22. The fourth-order valence-corrected chi connectivity index (χ4v) is 4.43. The number of carbonyl (C=O) groups is 2. The number of H-pyrrole nitrogens is 1. The average molecular weight is 450 g/mol. The highest BCUT2D eigenvalue weighted by Gasteiger charge is 2.28. The standard InChI is InChI=1S/C28H22N2O4/c1-33-27(31)24-15-18(16-26-23(24)12-14-29-26)7-6-13-30-28(32)34-17-25-21-10-4-2-8-19(21)20-9-3-5-11-22(20)25/h2-5,8-12,14-16,25,29H,13,17H2,1H3,(H,30,32). The fourth-order valence-electron chi connectivity index (χ4n) is 4.43. The Morgan fingerprint density at radius 2 is 1.71 bits per heavy atom. The number of benzene rings is 3. The maximum Gasteiger partial charge on any atom is 0.407 e. The van der Waals surface area contributed by atoms with E-state index in [4.69, 9.17) is 9.47 Å². The minimum Gasteiger partial charge on any atom is -0.465 e. The Morgan fingerprint density at radius 1 is 1.00 bits per heavy atom. The Bertz CT molecular complexity index is 1410. The summed E-state index contributed by atoms with van der Waals surface area (Å²) in [6.45, 7) is 0.367. The minimum atomic E-state index is -0.522. The molecule has 0 atom stereocenters. The largest absolute Gasteiger partial charge is 0.465 e. The van der Waals surface area contributed by atoms with Gasteiger partial charge in [-0.3, -0.25) is 0 Å². The van der Waals surface area contributed by atoms with Crippen molar-refractivity contribution in [3.05, 3.63) is 95.2 Å². The number of esters is 1. The first-order valence-corrected chi connectivity index (χ1v) is 10.9. The van der Waals surface area contributed by atoms with E-state index in [1.807, 2.05) is 36.4 Å². The molecule has 0 spiro atoms. The van der Waals surface area contributed by atoms with E-state index in [1.165, 1.54) is 18.2 Å². The SMILES string of the molecule is COC(=O)c1cc(C#CCNC(=O)OCC2c3ccccc3-c3ccccc32)cc2[nH]ccc12. The number of aromatic amines is 1. The second-order valence-electron chi connectivity index (χ2n) is 7.94. The van der Waals surface area contributed by atoms with Crippen molar-refractivity contribution in [3.8, 4) is 23.0 Å². The highest BCUT2D eigenvalue weighted by atomic mass is 16.5. The molecule has 1 amide bonds. The number of alkyl carbamates (subject to hydrolysis) is 1. The molecule has 2 N–H and O–H groups in total. The van der Waals surface area contributed by atoms with Crippen LogP contribution in [0.4, 0.5) is 4.79 Å². The second kappa shape index (κ2) is 9.16. The number of ether oxygens (including phenoxy) is 2. The summed E-state index contributed by atoms with van der Waals surface area (Å²) >= 11 is 0. The van der Waals surface area contributed by atoms with E-state index in [2.05, 4.69) is 46.4 Å². The molecule has 4 aromatic rings. The summed E-state index contributed by atoms with van der Waals surface area (Å²) in [5.41, 5.74) is 6.57. The van der Waals surface area contributed by atoms with Crippen molar-refractivity contribution in [1.29, 1.82) is 0 Å². The summed E-state index contributed by atoms with van der Waals surface area (Å²) in [6.07, 6.45) is 1.23. The predicted molar refractivity (Wildman–Crippen MR) is 130 cm³/mol. The van der Waals surface area contributed by atoms with Gasteiger partial charge >= 0.3 is 12.1 Å². The monoisotopic (exact) mass is 450 g/mol. The van der Waals surface area contributed by atoms with Gasteiger partial charge in [-0.05, 0) is 40.5 Å². The van der Waals surface area contributed by atoms with Crippen LogP contribution < -0.4 is 5.32 Å². The number of methoxy groups -OCH3 is 1. The highest BCUT2D eigenvalue weighted by Crippen LogP contribution is 2.44. The summed E-state index contributed by atoms with van der Waals surface area (Å²) in [5, 5.41) is 3.44. The maximum atomic E-state index is 12.3. The molecule has 0 saturated heterocycles. The summed E-state index contributed by atoms with van der Waals surface area (Å²) in [4.78, 5) is 27.4. The first-order chi connectivity index (χ1) is 16.7. The van der Waals surface area contributed by atoms with Crippen molar-refractivity contribution in [3.63, 3.8) is 0 Å². The minimum absolute atomic E-state index is 0.00787. The smallest absolute Gasteiger partial charge is 0.407 e. The molecule has 5 rings (SSSR count). The lowest BCUT2D eigenvalue weighted by Gasteiger charge is -2.14. The van der Waals surface area contributed by atoms with Crippen LogP contribution in [0.25, 0.3) is 22.0 Å². The third-order valence-corrected chi connectivity index (χ3v) is 5.97. The van der Waals surface area contributed by atoms with Crippen LogP contribution in [0.15, 0.2) is 72.9 Å². The molecule has 0 bridgehead atoms. The zero-order valence-electron chi connectivity index (χ0n) is 18.6. The molecule has 0 aliphatic heterocycles. The van der Waals surface area contributed by atoms with E-state index < -0.39 is 12.1 Å². The van der Waals surface area contributed by atoms with Crippen LogP contribution in [0, 0.1) is 11.8 Å². The van der Waals surface area contributed by atoms with Gasteiger partial charge in [0, 0.05) is 28.6 Å². The maximum absolute atomic E-state index is 12.3. The number of rotatable bonds is 4. The Labute approximate surface area is 196 Å². The predicted octanol–water partition coefficient (Wildman–Crippen LogP) is 4.84. The molecule has 1 aliphatic carbocycles. The van der Waals surface area contributed by atoms with Crippen LogP contribution in [0.3, 0.4) is 0 Å². The number of hydrogen-bond acceptors (Lipinski definition) is 4. The summed E-state index contributed by atoms with van der Waals surface area (Å²) < 4.78 is 10.4. The topological polar surface area (TPSA) is 80.4 Å². The third-order valence-electron chi connectivity index (χ3n) is 5.97. The highest BCUT2D eigenvalue weighted by molar-refractivity contribution is 6.04. The van der Waals surface area contributed by atoms with E-state index in [-0.39, 0.29) is 19.1 Å². The summed E-state index contributed by atoms with van der Waals surface area (Å²) in [7, 11) is 1.34. The van der Waals surface area contributed by atoms with Gasteiger partial charge in [0.2, 0.25) is 0 Å². The zero-order chi connectivity index (χ0) is 23.5. The van der Waals surface area contributed by atoms with Crippen LogP contribution in [0.5, 0.6) is 0 Å². The van der Waals surface area contributed by atoms with E-state index in [0.717, 1.165) is 22.0 Å². The van der Waals surface area contributed by atoms with Crippen molar-refractivity contribution in [2.75, 3.05) is 20.3 Å². The molecule has 6 nitrogen and oxygen atoms in total. The normalized spacial score (nSPS) is 11.8. The first-order valence-electron chi connectivity index (χ1n) is 10.9. The molecule has 34 heavy (non-hydrogen) atoms. The van der Waals surface area contributed by atoms with Crippen LogP contribution in [-0.2, 0) is 9.47 Å². The van der Waals surface area contributed by atoms with Gasteiger partial charge in [-0.2, -0.15) is 0 Å². The summed E-state index contributed by atoms with van der Waals surface area (Å²) in [5.74, 6) is 5.46. The quantitative estimate of drug-likeness (QED) is 0.344. The molecular formula is C28H22N2O4. The molecular weight excluding hydrogens is 428 g/mol. The number of nitrogens with one attached hydrogen (secondary N) is 2. The Kier molecular flexibility index (Phi) is 5.75. The van der Waals surface area contributed by atoms with Crippen LogP contribution in [-0.4, -0.2) is 37.3 Å². The average Bonchev–Trinajstić information content (AvgIpc) is 3.47. The van der Waals surface area contributed by atoms with Gasteiger partial charge in [0.25, 0.3) is 0 Å². The number of aromatic nitrogens is 1. The van der Waals surface area contributed by atoms with E-state index in [0.29, 0.717) is 11.1 Å². The van der Waals surface area contributed by atoms with Crippen molar-refractivity contribution in [2.24, 2.45) is 0 Å². The second-order valence-corrected chi connectivity index (χ2v) is 7.94. The lowest BCUT2D eigenvalue weighted by Crippen LogP contribution is -2.26. The van der Waals surface area contributed by atoms with Gasteiger partial charge in [0.05, 0.1) is 19.2 Å². The van der Waals surface area contributed by atoms with Crippen LogP contribution >= 0.6 is 0 Å². The van der Waals surface area contributed by atoms with Crippen molar-refractivity contribution >= 4 is 23.0 Å². The molecule has 1 aromatic heterocycles. The number of fused-ring (bicyclic) bond motifs is 4. The molecule has 0 saturated carbocycles. The Hall–Kier alpha value is -4.50. The molecule has 6 heteroatoms. The molecule has 0 unspecified atom stereocenters. The molecule has 0 fully saturated rings. The van der Waals surface area contributed by atoms with Gasteiger partial charge in [-0.15, -0.1) is 0 Å². The van der Waals surface area contributed by atoms with E-state index in [9.17, 15) is 9.59 Å². The van der Waals surface area contributed by atoms with E-state index in [1.54, 1.807) is 12.3 Å². The molecule has 1 heterocycles. The lowest BCUT2D eigenvalue weighted by atomic mass is 9.98. The molecule has 3 aromatic carbocycles. The molecule has 1 aliphatic rings. The third kappa shape index (κ3) is 4.00. The van der Waals surface area contributed by atoms with Gasteiger partial charge in [-0.25, -0.2) is 9.59 Å². The van der Waals surface area contributed by atoms with Crippen LogP contribution in [0.1, 0.15) is 33.0 Å². The number of carbonyl (C=O) groups excluding carboxylic acids is 2.